The number of hydrogen-bond donors (Lipinski definition) is 1. The number of carbonyl (C=O) groups excluding carboxylic acids is 3. The zero-order chi connectivity index (χ0) is 18.3. The first kappa shape index (κ1) is 17.7. The summed E-state index contributed by atoms with van der Waals surface area (Å²) in [7, 11) is 0. The van der Waals surface area contributed by atoms with Crippen molar-refractivity contribution in [2.24, 2.45) is 29.6 Å². The molecule has 2 saturated carbocycles. The highest BCUT2D eigenvalue weighted by Gasteiger charge is 2.59. The van der Waals surface area contributed by atoms with E-state index in [9.17, 15) is 14.4 Å². The largest absolute Gasteiger partial charge is 0.376 e. The fourth-order valence-corrected chi connectivity index (χ4v) is 5.25. The Morgan fingerprint density at radius 2 is 1.81 bits per heavy atom. The van der Waals surface area contributed by atoms with E-state index in [0.29, 0.717) is 19.1 Å². The van der Waals surface area contributed by atoms with Crippen LogP contribution in [0.5, 0.6) is 0 Å². The number of allylic oxidation sites excluding steroid dienone is 2. The second kappa shape index (κ2) is 7.14. The third-order valence-corrected chi connectivity index (χ3v) is 6.65. The summed E-state index contributed by atoms with van der Waals surface area (Å²) in [6, 6.07) is 0. The van der Waals surface area contributed by atoms with Crippen molar-refractivity contribution in [1.29, 1.82) is 0 Å². The van der Waals surface area contributed by atoms with Crippen LogP contribution in [0.15, 0.2) is 12.2 Å². The minimum atomic E-state index is -0.285. The summed E-state index contributed by atoms with van der Waals surface area (Å²) < 4.78 is 5.88. The zero-order valence-electron chi connectivity index (χ0n) is 15.4. The van der Waals surface area contributed by atoms with Crippen molar-refractivity contribution in [2.45, 2.75) is 45.1 Å². The molecule has 0 spiro atoms. The highest BCUT2D eigenvalue weighted by atomic mass is 16.5. The van der Waals surface area contributed by atoms with E-state index in [2.05, 4.69) is 24.4 Å². The summed E-state index contributed by atoms with van der Waals surface area (Å²) in [6.45, 7) is 2.94. The van der Waals surface area contributed by atoms with E-state index in [4.69, 9.17) is 4.74 Å². The fourth-order valence-electron chi connectivity index (χ4n) is 5.25. The quantitative estimate of drug-likeness (QED) is 0.443. The lowest BCUT2D eigenvalue weighted by Crippen LogP contribution is -2.42. The first-order valence-electron chi connectivity index (χ1n) is 9.98. The number of imide groups is 1. The van der Waals surface area contributed by atoms with E-state index in [-0.39, 0.29) is 54.0 Å². The topological polar surface area (TPSA) is 75.7 Å². The summed E-state index contributed by atoms with van der Waals surface area (Å²) in [5.41, 5.74) is 0. The molecule has 3 fully saturated rings. The molecule has 142 valence electrons. The third kappa shape index (κ3) is 3.08. The van der Waals surface area contributed by atoms with E-state index in [1.54, 1.807) is 0 Å². The van der Waals surface area contributed by atoms with E-state index >= 15 is 0 Å². The van der Waals surface area contributed by atoms with Crippen LogP contribution in [0.25, 0.3) is 0 Å². The lowest BCUT2D eigenvalue weighted by molar-refractivity contribution is -0.144. The molecule has 1 aliphatic heterocycles. The number of ether oxygens (including phenoxy) is 1. The summed E-state index contributed by atoms with van der Waals surface area (Å²) in [6.07, 6.45) is 10.1. The first-order valence-corrected chi connectivity index (χ1v) is 9.98. The number of fused-ring (bicyclic) bond motifs is 5. The van der Waals surface area contributed by atoms with Gasteiger partial charge in [0.2, 0.25) is 17.7 Å². The van der Waals surface area contributed by atoms with Gasteiger partial charge in [0.25, 0.3) is 0 Å². The molecule has 6 heteroatoms. The van der Waals surface area contributed by atoms with Crippen molar-refractivity contribution < 1.29 is 19.1 Å². The standard InChI is InChI=1S/C20H28N2O4/c1-12-4-2-3-5-15(12)26-9-8-21-16(23)11-22-19(24)17-13-6-7-14(10-13)18(17)20(22)25/h6-7,12-15,17-18H,2-5,8-11H2,1H3,(H,21,23)/t12-,13+,14+,15-,17-,18+/m1/s1. The van der Waals surface area contributed by atoms with Gasteiger partial charge in [-0.2, -0.15) is 0 Å². The molecule has 0 aromatic carbocycles. The molecule has 26 heavy (non-hydrogen) atoms. The smallest absolute Gasteiger partial charge is 0.240 e. The van der Waals surface area contributed by atoms with Gasteiger partial charge in [0, 0.05) is 6.54 Å². The molecule has 3 amide bonds. The van der Waals surface area contributed by atoms with Crippen molar-refractivity contribution in [2.75, 3.05) is 19.7 Å². The number of carbonyl (C=O) groups is 3. The zero-order valence-corrected chi connectivity index (χ0v) is 15.4. The van der Waals surface area contributed by atoms with Crippen molar-refractivity contribution >= 4 is 17.7 Å². The van der Waals surface area contributed by atoms with Crippen LogP contribution in [0.3, 0.4) is 0 Å². The summed E-state index contributed by atoms with van der Waals surface area (Å²) in [5, 5.41) is 2.78. The first-order chi connectivity index (χ1) is 12.6. The highest BCUT2D eigenvalue weighted by Crippen LogP contribution is 2.52. The summed E-state index contributed by atoms with van der Waals surface area (Å²) in [4.78, 5) is 38.5. The van der Waals surface area contributed by atoms with Crippen molar-refractivity contribution in [3.8, 4) is 0 Å². The summed E-state index contributed by atoms with van der Waals surface area (Å²) >= 11 is 0. The molecular formula is C20H28N2O4. The van der Waals surface area contributed by atoms with Gasteiger partial charge in [-0.1, -0.05) is 31.9 Å². The molecule has 3 aliphatic carbocycles. The summed E-state index contributed by atoms with van der Waals surface area (Å²) in [5.74, 6) is -0.155. The molecule has 1 heterocycles. The van der Waals surface area contributed by atoms with Crippen LogP contribution < -0.4 is 5.32 Å². The van der Waals surface area contributed by atoms with Gasteiger partial charge in [0.15, 0.2) is 0 Å². The lowest BCUT2D eigenvalue weighted by Gasteiger charge is -2.28. The molecule has 6 atom stereocenters. The third-order valence-electron chi connectivity index (χ3n) is 6.65. The molecule has 0 unspecified atom stereocenters. The molecular weight excluding hydrogens is 332 g/mol. The Kier molecular flexibility index (Phi) is 4.86. The monoisotopic (exact) mass is 360 g/mol. The lowest BCUT2D eigenvalue weighted by atomic mass is 9.85. The van der Waals surface area contributed by atoms with E-state index in [1.165, 1.54) is 24.2 Å². The van der Waals surface area contributed by atoms with Gasteiger partial charge < -0.3 is 10.1 Å². The molecule has 0 radical (unpaired) electrons. The predicted octanol–water partition coefficient (Wildman–Crippen LogP) is 1.50. The van der Waals surface area contributed by atoms with Gasteiger partial charge in [0.05, 0.1) is 24.5 Å². The van der Waals surface area contributed by atoms with Crippen LogP contribution in [0.4, 0.5) is 0 Å². The van der Waals surface area contributed by atoms with Crippen LogP contribution >= 0.6 is 0 Å². The van der Waals surface area contributed by atoms with Crippen LogP contribution in [-0.4, -0.2) is 48.4 Å². The average molecular weight is 360 g/mol. The van der Waals surface area contributed by atoms with Crippen molar-refractivity contribution in [3.63, 3.8) is 0 Å². The second-order valence-corrected chi connectivity index (χ2v) is 8.28. The molecule has 1 saturated heterocycles. The highest BCUT2D eigenvalue weighted by molar-refractivity contribution is 6.08. The molecule has 1 N–H and O–H groups in total. The fraction of sp³-hybridized carbons (Fsp3) is 0.750. The Morgan fingerprint density at radius 1 is 1.15 bits per heavy atom. The number of amides is 3. The minimum absolute atomic E-state index is 0.163. The normalized spacial score (nSPS) is 38.1. The Balaban J connectivity index is 1.22. The van der Waals surface area contributed by atoms with Crippen molar-refractivity contribution in [1.82, 2.24) is 10.2 Å². The number of nitrogens with zero attached hydrogens (tertiary/aromatic N) is 1. The molecule has 4 rings (SSSR count). The van der Waals surface area contributed by atoms with Crippen LogP contribution in [0.2, 0.25) is 0 Å². The average Bonchev–Trinajstić information content (AvgIpc) is 3.30. The molecule has 2 bridgehead atoms. The Hall–Kier alpha value is -1.69. The van der Waals surface area contributed by atoms with Crippen LogP contribution in [-0.2, 0) is 19.1 Å². The number of likely N-dealkylation sites (tertiary alicyclic amines) is 1. The van der Waals surface area contributed by atoms with E-state index in [1.807, 2.05) is 0 Å². The van der Waals surface area contributed by atoms with Gasteiger partial charge in [-0.05, 0) is 37.0 Å². The minimum Gasteiger partial charge on any atom is -0.376 e. The van der Waals surface area contributed by atoms with Gasteiger partial charge in [-0.15, -0.1) is 0 Å². The van der Waals surface area contributed by atoms with E-state index < -0.39 is 0 Å². The van der Waals surface area contributed by atoms with Crippen LogP contribution in [0, 0.1) is 29.6 Å². The molecule has 0 aromatic rings. The maximum Gasteiger partial charge on any atom is 0.240 e. The van der Waals surface area contributed by atoms with Gasteiger partial charge in [0.1, 0.15) is 6.54 Å². The molecule has 6 nitrogen and oxygen atoms in total. The van der Waals surface area contributed by atoms with Gasteiger partial charge in [-0.25, -0.2) is 0 Å². The SMILES string of the molecule is C[C@@H]1CCCC[C@H]1OCCNC(=O)CN1C(=O)[C@@H]2[C@H](C1=O)[C@H]1C=C[C@H]2C1. The number of nitrogens with one attached hydrogen (secondary N) is 1. The second-order valence-electron chi connectivity index (χ2n) is 8.28. The molecule has 4 aliphatic rings. The number of hydrogen-bond acceptors (Lipinski definition) is 4. The van der Waals surface area contributed by atoms with Crippen LogP contribution in [0.1, 0.15) is 39.0 Å². The Labute approximate surface area is 154 Å². The predicted molar refractivity (Wildman–Crippen MR) is 94.8 cm³/mol. The number of rotatable bonds is 6. The maximum atomic E-state index is 12.6. The Bertz CT molecular complexity index is 601. The molecule has 0 aromatic heterocycles. The Morgan fingerprint density at radius 3 is 2.46 bits per heavy atom. The van der Waals surface area contributed by atoms with Gasteiger partial charge in [-0.3, -0.25) is 19.3 Å². The maximum absolute atomic E-state index is 12.6. The van der Waals surface area contributed by atoms with Crippen molar-refractivity contribution in [3.05, 3.63) is 12.2 Å². The van der Waals surface area contributed by atoms with E-state index in [0.717, 1.165) is 12.8 Å². The van der Waals surface area contributed by atoms with Gasteiger partial charge >= 0.3 is 0 Å².